The summed E-state index contributed by atoms with van der Waals surface area (Å²) < 4.78 is 41.0. The largest absolute Gasteiger partial charge is 0.452 e. The number of carbonyl (C=O) groups is 2. The number of fused-ring (bicyclic) bond motifs is 1. The maximum atomic E-state index is 11.9. The van der Waals surface area contributed by atoms with Crippen LogP contribution in [0.4, 0.5) is 13.2 Å². The number of rotatable bonds is 4. The number of alkyl halides is 3. The number of ether oxygens (including phenoxy) is 1. The predicted octanol–water partition coefficient (Wildman–Crippen LogP) is 2.13. The molecule has 0 saturated carbocycles. The SMILES string of the molecule is O=C(COC(=O)c1ccc2ncsc2c1)NCC(F)(F)F. The number of nitrogens with one attached hydrogen (secondary N) is 1. The zero-order valence-corrected chi connectivity index (χ0v) is 11.3. The summed E-state index contributed by atoms with van der Waals surface area (Å²) in [6, 6.07) is 4.63. The molecule has 0 unspecified atom stereocenters. The van der Waals surface area contributed by atoms with Gasteiger partial charge in [-0.15, -0.1) is 11.3 Å². The number of hydrogen-bond acceptors (Lipinski definition) is 5. The lowest BCUT2D eigenvalue weighted by Gasteiger charge is -2.08. The summed E-state index contributed by atoms with van der Waals surface area (Å²) in [7, 11) is 0. The van der Waals surface area contributed by atoms with Crippen LogP contribution in [0.2, 0.25) is 0 Å². The lowest BCUT2D eigenvalue weighted by Crippen LogP contribution is -2.36. The van der Waals surface area contributed by atoms with Crippen molar-refractivity contribution in [3.63, 3.8) is 0 Å². The summed E-state index contributed by atoms with van der Waals surface area (Å²) in [4.78, 5) is 26.8. The Bertz CT molecular complexity index is 669. The smallest absolute Gasteiger partial charge is 0.405 e. The van der Waals surface area contributed by atoms with Gasteiger partial charge in [-0.25, -0.2) is 9.78 Å². The van der Waals surface area contributed by atoms with Crippen LogP contribution in [0.1, 0.15) is 10.4 Å². The van der Waals surface area contributed by atoms with Gasteiger partial charge in [-0.3, -0.25) is 4.79 Å². The third kappa shape index (κ3) is 4.42. The minimum absolute atomic E-state index is 0.204. The molecule has 0 spiro atoms. The first kappa shape index (κ1) is 15.2. The fourth-order valence-corrected chi connectivity index (χ4v) is 2.16. The Balaban J connectivity index is 1.88. The van der Waals surface area contributed by atoms with E-state index in [2.05, 4.69) is 9.72 Å². The average molecular weight is 318 g/mol. The van der Waals surface area contributed by atoms with Crippen molar-refractivity contribution < 1.29 is 27.5 Å². The van der Waals surface area contributed by atoms with Crippen molar-refractivity contribution in [1.29, 1.82) is 0 Å². The standard InChI is InChI=1S/C12H9F3N2O3S/c13-12(14,15)5-16-10(18)4-20-11(19)7-1-2-8-9(3-7)21-6-17-8/h1-3,6H,4-5H2,(H,16,18). The predicted molar refractivity (Wildman–Crippen MR) is 69.0 cm³/mol. The van der Waals surface area contributed by atoms with E-state index in [9.17, 15) is 22.8 Å². The zero-order chi connectivity index (χ0) is 15.5. The molecule has 0 aliphatic rings. The van der Waals surface area contributed by atoms with Crippen molar-refractivity contribution in [3.8, 4) is 0 Å². The fraction of sp³-hybridized carbons (Fsp3) is 0.250. The number of halogens is 3. The first-order chi connectivity index (χ1) is 9.85. The molecule has 0 atom stereocenters. The van der Waals surface area contributed by atoms with Gasteiger partial charge in [0.15, 0.2) is 6.61 Å². The van der Waals surface area contributed by atoms with Gasteiger partial charge in [0.1, 0.15) is 6.54 Å². The molecule has 0 aliphatic heterocycles. The Morgan fingerprint density at radius 3 is 2.81 bits per heavy atom. The molecule has 0 bridgehead atoms. The Labute approximate surface area is 120 Å². The monoisotopic (exact) mass is 318 g/mol. The van der Waals surface area contributed by atoms with Crippen LogP contribution in [-0.2, 0) is 9.53 Å². The van der Waals surface area contributed by atoms with Crippen LogP contribution >= 0.6 is 11.3 Å². The van der Waals surface area contributed by atoms with Gasteiger partial charge in [0.2, 0.25) is 0 Å². The fourth-order valence-electron chi connectivity index (χ4n) is 1.45. The van der Waals surface area contributed by atoms with E-state index in [4.69, 9.17) is 0 Å². The minimum atomic E-state index is -4.50. The molecule has 112 valence electrons. The number of thiazole rings is 1. The van der Waals surface area contributed by atoms with E-state index in [1.807, 2.05) is 0 Å². The summed E-state index contributed by atoms with van der Waals surface area (Å²) in [5.41, 5.74) is 2.54. The molecule has 21 heavy (non-hydrogen) atoms. The second kappa shape index (κ2) is 6.08. The topological polar surface area (TPSA) is 68.3 Å². The third-order valence-corrected chi connectivity index (χ3v) is 3.18. The van der Waals surface area contributed by atoms with Crippen LogP contribution < -0.4 is 5.32 Å². The van der Waals surface area contributed by atoms with E-state index in [1.165, 1.54) is 17.4 Å². The molecule has 9 heteroatoms. The summed E-state index contributed by atoms with van der Waals surface area (Å²) in [5.74, 6) is -1.80. The van der Waals surface area contributed by atoms with Crippen LogP contribution in [0.3, 0.4) is 0 Å². The maximum Gasteiger partial charge on any atom is 0.405 e. The molecule has 5 nitrogen and oxygen atoms in total. The highest BCUT2D eigenvalue weighted by Crippen LogP contribution is 2.19. The van der Waals surface area contributed by atoms with Crippen LogP contribution in [0.5, 0.6) is 0 Å². The molecule has 1 heterocycles. The second-order valence-corrected chi connectivity index (χ2v) is 4.89. The van der Waals surface area contributed by atoms with E-state index in [0.29, 0.717) is 0 Å². The van der Waals surface area contributed by atoms with Gasteiger partial charge in [0, 0.05) is 0 Å². The van der Waals surface area contributed by atoms with E-state index in [-0.39, 0.29) is 5.56 Å². The number of esters is 1. The maximum absolute atomic E-state index is 11.9. The summed E-state index contributed by atoms with van der Waals surface area (Å²) >= 11 is 1.33. The van der Waals surface area contributed by atoms with Crippen LogP contribution in [0, 0.1) is 0 Å². The van der Waals surface area contributed by atoms with Crippen LogP contribution in [0.15, 0.2) is 23.7 Å². The van der Waals surface area contributed by atoms with Gasteiger partial charge in [0.25, 0.3) is 5.91 Å². The Kier molecular flexibility index (Phi) is 4.41. The molecular weight excluding hydrogens is 309 g/mol. The molecule has 0 radical (unpaired) electrons. The van der Waals surface area contributed by atoms with Crippen molar-refractivity contribution >= 4 is 33.4 Å². The molecule has 2 rings (SSSR count). The number of carbonyl (C=O) groups excluding carboxylic acids is 2. The average Bonchev–Trinajstić information content (AvgIpc) is 2.89. The number of hydrogen-bond donors (Lipinski definition) is 1. The minimum Gasteiger partial charge on any atom is -0.452 e. The second-order valence-electron chi connectivity index (χ2n) is 4.00. The van der Waals surface area contributed by atoms with Crippen LogP contribution in [0.25, 0.3) is 10.2 Å². The number of nitrogens with zero attached hydrogens (tertiary/aromatic N) is 1. The van der Waals surface area contributed by atoms with E-state index in [1.54, 1.807) is 23.0 Å². The van der Waals surface area contributed by atoms with Gasteiger partial charge < -0.3 is 10.1 Å². The normalized spacial score (nSPS) is 11.4. The summed E-state index contributed by atoms with van der Waals surface area (Å²) in [5, 5.41) is 1.61. The highest BCUT2D eigenvalue weighted by Gasteiger charge is 2.27. The number of benzene rings is 1. The molecule has 0 fully saturated rings. The van der Waals surface area contributed by atoms with Crippen molar-refractivity contribution in [1.82, 2.24) is 10.3 Å². The molecule has 1 amide bonds. The molecule has 0 aliphatic carbocycles. The van der Waals surface area contributed by atoms with E-state index in [0.717, 1.165) is 10.2 Å². The van der Waals surface area contributed by atoms with Gasteiger partial charge >= 0.3 is 12.1 Å². The van der Waals surface area contributed by atoms with Crippen molar-refractivity contribution in [3.05, 3.63) is 29.3 Å². The molecular formula is C12H9F3N2O3S. The van der Waals surface area contributed by atoms with Crippen molar-refractivity contribution in [2.75, 3.05) is 13.2 Å². The zero-order valence-electron chi connectivity index (χ0n) is 10.4. The Morgan fingerprint density at radius 2 is 2.10 bits per heavy atom. The van der Waals surface area contributed by atoms with Crippen molar-refractivity contribution in [2.45, 2.75) is 6.18 Å². The first-order valence-corrected chi connectivity index (χ1v) is 6.57. The third-order valence-electron chi connectivity index (χ3n) is 2.39. The highest BCUT2D eigenvalue weighted by molar-refractivity contribution is 7.16. The van der Waals surface area contributed by atoms with Crippen LogP contribution in [-0.4, -0.2) is 36.2 Å². The number of aromatic nitrogens is 1. The van der Waals surface area contributed by atoms with Gasteiger partial charge in [-0.2, -0.15) is 13.2 Å². The quantitative estimate of drug-likeness (QED) is 0.877. The lowest BCUT2D eigenvalue weighted by atomic mass is 10.2. The molecule has 1 aromatic carbocycles. The van der Waals surface area contributed by atoms with Gasteiger partial charge in [-0.05, 0) is 18.2 Å². The highest BCUT2D eigenvalue weighted by atomic mass is 32.1. The van der Waals surface area contributed by atoms with Gasteiger partial charge in [-0.1, -0.05) is 0 Å². The van der Waals surface area contributed by atoms with Gasteiger partial charge in [0.05, 0.1) is 21.3 Å². The van der Waals surface area contributed by atoms with E-state index >= 15 is 0 Å². The molecule has 1 aromatic heterocycles. The molecule has 2 aromatic rings. The number of amides is 1. The Hall–Kier alpha value is -2.16. The summed E-state index contributed by atoms with van der Waals surface area (Å²) in [6.07, 6.45) is -4.50. The Morgan fingerprint density at radius 1 is 1.33 bits per heavy atom. The molecule has 1 N–H and O–H groups in total. The summed E-state index contributed by atoms with van der Waals surface area (Å²) in [6.45, 7) is -2.23. The van der Waals surface area contributed by atoms with E-state index < -0.39 is 31.2 Å². The van der Waals surface area contributed by atoms with Crippen molar-refractivity contribution in [2.24, 2.45) is 0 Å². The lowest BCUT2D eigenvalue weighted by molar-refractivity contribution is -0.140. The first-order valence-electron chi connectivity index (χ1n) is 5.69. The molecule has 0 saturated heterocycles.